The third-order valence-corrected chi connectivity index (χ3v) is 4.33. The average Bonchev–Trinajstić information content (AvgIpc) is 2.46. The van der Waals surface area contributed by atoms with Gasteiger partial charge in [0.25, 0.3) is 5.69 Å². The molecule has 0 aliphatic heterocycles. The van der Waals surface area contributed by atoms with Gasteiger partial charge in [0.05, 0.1) is 11.5 Å². The molecule has 5 nitrogen and oxygen atoms in total. The Morgan fingerprint density at radius 2 is 2.00 bits per heavy atom. The van der Waals surface area contributed by atoms with Crippen LogP contribution in [-0.2, 0) is 6.61 Å². The van der Waals surface area contributed by atoms with Gasteiger partial charge in [-0.15, -0.1) is 0 Å². The van der Waals surface area contributed by atoms with E-state index in [0.717, 1.165) is 18.8 Å². The molecule has 1 N–H and O–H groups in total. The monoisotopic (exact) mass is 278 g/mol. The first-order valence-electron chi connectivity index (χ1n) is 7.14. The summed E-state index contributed by atoms with van der Waals surface area (Å²) in [6.07, 6.45) is 4.52. The molecule has 0 spiro atoms. The number of nitrogens with zero attached hydrogens (tertiary/aromatic N) is 2. The molecular weight excluding hydrogens is 256 g/mol. The number of aliphatic hydroxyl groups excluding tert-OH is 1. The van der Waals surface area contributed by atoms with Gasteiger partial charge in [0, 0.05) is 19.2 Å². The highest BCUT2D eigenvalue weighted by Gasteiger charge is 2.26. The molecule has 1 aliphatic carbocycles. The summed E-state index contributed by atoms with van der Waals surface area (Å²) in [5.74, 6) is 0.756. The van der Waals surface area contributed by atoms with E-state index < -0.39 is 0 Å². The van der Waals surface area contributed by atoms with Gasteiger partial charge in [0.15, 0.2) is 0 Å². The summed E-state index contributed by atoms with van der Waals surface area (Å²) in [4.78, 5) is 12.9. The highest BCUT2D eigenvalue weighted by Crippen LogP contribution is 2.34. The molecular formula is C15H22N2O3. The van der Waals surface area contributed by atoms with Crippen molar-refractivity contribution in [2.75, 3.05) is 11.9 Å². The van der Waals surface area contributed by atoms with Crippen molar-refractivity contribution in [3.63, 3.8) is 0 Å². The zero-order valence-corrected chi connectivity index (χ0v) is 12.1. The lowest BCUT2D eigenvalue weighted by Gasteiger charge is -2.34. The highest BCUT2D eigenvalue weighted by atomic mass is 16.6. The predicted molar refractivity (Wildman–Crippen MR) is 78.8 cm³/mol. The number of aliphatic hydroxyl groups is 1. The Morgan fingerprint density at radius 1 is 1.35 bits per heavy atom. The largest absolute Gasteiger partial charge is 0.392 e. The van der Waals surface area contributed by atoms with Gasteiger partial charge in [-0.2, -0.15) is 0 Å². The summed E-state index contributed by atoms with van der Waals surface area (Å²) in [5, 5.41) is 20.3. The first kappa shape index (κ1) is 14.8. The van der Waals surface area contributed by atoms with Crippen molar-refractivity contribution in [1.82, 2.24) is 0 Å². The molecule has 5 heteroatoms. The first-order chi connectivity index (χ1) is 9.52. The summed E-state index contributed by atoms with van der Waals surface area (Å²) >= 11 is 0. The molecule has 1 saturated carbocycles. The van der Waals surface area contributed by atoms with E-state index in [0.29, 0.717) is 17.3 Å². The second kappa shape index (κ2) is 6.22. The van der Waals surface area contributed by atoms with Crippen LogP contribution < -0.4 is 4.90 Å². The summed E-state index contributed by atoms with van der Waals surface area (Å²) in [7, 11) is 1.93. The number of hydrogen-bond acceptors (Lipinski definition) is 4. The van der Waals surface area contributed by atoms with Gasteiger partial charge in [-0.1, -0.05) is 13.0 Å². The number of rotatable bonds is 4. The van der Waals surface area contributed by atoms with Crippen LogP contribution in [0.2, 0.25) is 0 Å². The molecule has 20 heavy (non-hydrogen) atoms. The molecule has 1 fully saturated rings. The quantitative estimate of drug-likeness (QED) is 0.679. The Kier molecular flexibility index (Phi) is 4.60. The van der Waals surface area contributed by atoms with Gasteiger partial charge in [-0.3, -0.25) is 10.1 Å². The fourth-order valence-corrected chi connectivity index (χ4v) is 2.94. The van der Waals surface area contributed by atoms with Gasteiger partial charge < -0.3 is 10.0 Å². The van der Waals surface area contributed by atoms with E-state index in [9.17, 15) is 10.1 Å². The number of anilines is 1. The van der Waals surface area contributed by atoms with Crippen LogP contribution in [0.3, 0.4) is 0 Å². The molecule has 0 unspecified atom stereocenters. The van der Waals surface area contributed by atoms with Gasteiger partial charge in [-0.05, 0) is 43.2 Å². The topological polar surface area (TPSA) is 66.6 Å². The lowest BCUT2D eigenvalue weighted by molar-refractivity contribution is -0.384. The van der Waals surface area contributed by atoms with E-state index in [-0.39, 0.29) is 17.2 Å². The van der Waals surface area contributed by atoms with Crippen molar-refractivity contribution in [3.05, 3.63) is 33.9 Å². The molecule has 0 atom stereocenters. The maximum Gasteiger partial charge on any atom is 0.292 e. The van der Waals surface area contributed by atoms with E-state index in [4.69, 9.17) is 5.11 Å². The molecule has 0 amide bonds. The average molecular weight is 278 g/mol. The van der Waals surface area contributed by atoms with E-state index in [1.807, 2.05) is 11.9 Å². The van der Waals surface area contributed by atoms with Crippen LogP contribution in [0, 0.1) is 16.0 Å². The Hall–Kier alpha value is -1.62. The summed E-state index contributed by atoms with van der Waals surface area (Å²) in [5.41, 5.74) is 1.30. The molecule has 0 heterocycles. The van der Waals surface area contributed by atoms with Crippen LogP contribution in [0.4, 0.5) is 11.4 Å². The van der Waals surface area contributed by atoms with Gasteiger partial charge in [0.2, 0.25) is 0 Å². The molecule has 1 aliphatic rings. The Bertz CT molecular complexity index is 482. The predicted octanol–water partition coefficient (Wildman–Crippen LogP) is 3.10. The number of nitro groups is 1. The van der Waals surface area contributed by atoms with Crippen molar-refractivity contribution >= 4 is 11.4 Å². The number of hydrogen-bond donors (Lipinski definition) is 1. The molecule has 1 aromatic rings. The normalized spacial score (nSPS) is 22.6. The SMILES string of the molecule is CC1CCC(N(C)c2ccc(CO)cc2[N+](=O)[O-])CC1. The molecule has 0 aromatic heterocycles. The van der Waals surface area contributed by atoms with Crippen molar-refractivity contribution in [2.24, 2.45) is 5.92 Å². The third kappa shape index (κ3) is 3.10. The standard InChI is InChI=1S/C15H22N2O3/c1-11-3-6-13(7-4-11)16(2)14-8-5-12(10-18)9-15(14)17(19)20/h5,8-9,11,13,18H,3-4,6-7,10H2,1-2H3. The van der Waals surface area contributed by atoms with Crippen LogP contribution in [0.1, 0.15) is 38.2 Å². The van der Waals surface area contributed by atoms with E-state index in [1.54, 1.807) is 12.1 Å². The molecule has 2 rings (SSSR count). The minimum absolute atomic E-state index is 0.0812. The Balaban J connectivity index is 2.24. The maximum absolute atomic E-state index is 11.2. The van der Waals surface area contributed by atoms with E-state index in [1.165, 1.54) is 18.9 Å². The Morgan fingerprint density at radius 3 is 2.55 bits per heavy atom. The minimum Gasteiger partial charge on any atom is -0.392 e. The van der Waals surface area contributed by atoms with E-state index in [2.05, 4.69) is 6.92 Å². The zero-order valence-electron chi connectivity index (χ0n) is 12.1. The number of benzene rings is 1. The second-order valence-corrected chi connectivity index (χ2v) is 5.76. The smallest absolute Gasteiger partial charge is 0.292 e. The van der Waals surface area contributed by atoms with Gasteiger partial charge >= 0.3 is 0 Å². The van der Waals surface area contributed by atoms with Gasteiger partial charge in [-0.25, -0.2) is 0 Å². The molecule has 110 valence electrons. The zero-order chi connectivity index (χ0) is 14.7. The van der Waals surface area contributed by atoms with Crippen molar-refractivity contribution in [3.8, 4) is 0 Å². The molecule has 0 radical (unpaired) electrons. The van der Waals surface area contributed by atoms with Crippen LogP contribution in [0.15, 0.2) is 18.2 Å². The van der Waals surface area contributed by atoms with Crippen molar-refractivity contribution < 1.29 is 10.0 Å². The van der Waals surface area contributed by atoms with Crippen molar-refractivity contribution in [1.29, 1.82) is 0 Å². The lowest BCUT2D eigenvalue weighted by Crippen LogP contribution is -2.35. The van der Waals surface area contributed by atoms with Crippen LogP contribution in [-0.4, -0.2) is 23.1 Å². The first-order valence-corrected chi connectivity index (χ1v) is 7.14. The summed E-state index contributed by atoms with van der Waals surface area (Å²) in [6.45, 7) is 2.08. The van der Waals surface area contributed by atoms with Crippen LogP contribution >= 0.6 is 0 Å². The Labute approximate surface area is 119 Å². The molecule has 1 aromatic carbocycles. The third-order valence-electron chi connectivity index (χ3n) is 4.33. The summed E-state index contributed by atoms with van der Waals surface area (Å²) in [6, 6.07) is 5.34. The minimum atomic E-state index is -0.365. The highest BCUT2D eigenvalue weighted by molar-refractivity contribution is 5.64. The molecule has 0 bridgehead atoms. The van der Waals surface area contributed by atoms with Crippen LogP contribution in [0.25, 0.3) is 0 Å². The lowest BCUT2D eigenvalue weighted by atomic mass is 9.86. The fourth-order valence-electron chi connectivity index (χ4n) is 2.94. The van der Waals surface area contributed by atoms with Crippen LogP contribution in [0.5, 0.6) is 0 Å². The maximum atomic E-state index is 11.2. The van der Waals surface area contributed by atoms with E-state index >= 15 is 0 Å². The molecule has 0 saturated heterocycles. The summed E-state index contributed by atoms with van der Waals surface area (Å²) < 4.78 is 0. The fraction of sp³-hybridized carbons (Fsp3) is 0.600. The number of nitro benzene ring substituents is 1. The second-order valence-electron chi connectivity index (χ2n) is 5.76. The van der Waals surface area contributed by atoms with Gasteiger partial charge in [0.1, 0.15) is 5.69 Å². The van der Waals surface area contributed by atoms with Crippen molar-refractivity contribution in [2.45, 2.75) is 45.3 Å².